The van der Waals surface area contributed by atoms with Gasteiger partial charge in [-0.3, -0.25) is 19.9 Å². The number of carbonyl (C=O) groups is 2. The number of nitrogens with zero attached hydrogens (tertiary/aromatic N) is 4. The van der Waals surface area contributed by atoms with Crippen molar-refractivity contribution in [3.63, 3.8) is 0 Å². The standard InChI is InChI=1S/C32H51FN7O5/c33-24-32(43,40(44)45)29(22-25-14-7-6-8-15-25)39(30(42)28(34)19-13-20-37-31(35)36)38-21-12-5-3-1-2-4-9-18-27(23-41)26-16-10-11-17-26/h6-8,14-15,23,26-29,43H,1-5,9-13,16-20,22,24,34H2,(H4,35,36,37)/q+1/t27?,28-,29?,32?/m0/s1. The lowest BCUT2D eigenvalue weighted by molar-refractivity contribution is -0.633. The van der Waals surface area contributed by atoms with E-state index in [9.17, 15) is 29.2 Å². The molecular weight excluding hydrogens is 581 g/mol. The molecule has 0 aromatic heterocycles. The van der Waals surface area contributed by atoms with Gasteiger partial charge in [-0.2, -0.15) is 0 Å². The summed E-state index contributed by atoms with van der Waals surface area (Å²) in [7, 11) is 0. The van der Waals surface area contributed by atoms with E-state index < -0.39 is 35.3 Å². The molecule has 0 spiro atoms. The van der Waals surface area contributed by atoms with E-state index in [0.29, 0.717) is 30.7 Å². The van der Waals surface area contributed by atoms with Crippen LogP contribution in [-0.4, -0.2) is 64.2 Å². The molecule has 1 aromatic rings. The summed E-state index contributed by atoms with van der Waals surface area (Å²) in [6.07, 6.45) is 13.2. The molecule has 1 aliphatic carbocycles. The van der Waals surface area contributed by atoms with E-state index >= 15 is 0 Å². The lowest BCUT2D eigenvalue weighted by Crippen LogP contribution is -2.61. The molecule has 1 aliphatic rings. The minimum Gasteiger partial charge on any atom is -0.370 e. The first-order valence-electron chi connectivity index (χ1n) is 16.1. The van der Waals surface area contributed by atoms with E-state index in [1.54, 1.807) is 30.3 Å². The second-order valence-corrected chi connectivity index (χ2v) is 12.0. The van der Waals surface area contributed by atoms with Crippen LogP contribution in [0.5, 0.6) is 0 Å². The third kappa shape index (κ3) is 12.7. The topological polar surface area (TPSA) is 196 Å². The molecule has 1 fully saturated rings. The Balaban J connectivity index is 2.05. The average molecular weight is 633 g/mol. The van der Waals surface area contributed by atoms with Crippen LogP contribution >= 0.6 is 0 Å². The fraction of sp³-hybridized carbons (Fsp3) is 0.688. The summed E-state index contributed by atoms with van der Waals surface area (Å²) in [4.78, 5) is 43.8. The van der Waals surface area contributed by atoms with Crippen molar-refractivity contribution in [2.75, 3.05) is 13.2 Å². The summed E-state index contributed by atoms with van der Waals surface area (Å²) in [5.74, 6) is -0.176. The summed E-state index contributed by atoms with van der Waals surface area (Å²) in [5, 5.41) is 23.5. The van der Waals surface area contributed by atoms with Gasteiger partial charge in [-0.15, -0.1) is 0 Å². The number of aliphatic hydroxyl groups is 1. The van der Waals surface area contributed by atoms with Crippen LogP contribution in [0.4, 0.5) is 4.39 Å². The highest BCUT2D eigenvalue weighted by Gasteiger charge is 2.58. The first-order chi connectivity index (χ1) is 21.6. The first-order valence-corrected chi connectivity index (χ1v) is 16.1. The summed E-state index contributed by atoms with van der Waals surface area (Å²) < 4.78 is 14.2. The molecule has 12 nitrogen and oxygen atoms in total. The van der Waals surface area contributed by atoms with Crippen molar-refractivity contribution in [3.8, 4) is 6.07 Å². The van der Waals surface area contributed by atoms with E-state index in [-0.39, 0.29) is 31.3 Å². The number of aldehydes is 1. The number of nitrogens with two attached hydrogens (primary N) is 3. The number of hydrogen-bond acceptors (Lipinski definition) is 7. The lowest BCUT2D eigenvalue weighted by atomic mass is 9.87. The maximum absolute atomic E-state index is 14.2. The Hall–Kier alpha value is -3.63. The van der Waals surface area contributed by atoms with Crippen LogP contribution in [0.3, 0.4) is 0 Å². The Morgan fingerprint density at radius 3 is 2.38 bits per heavy atom. The number of carbonyl (C=O) groups excluding carboxylic acids is 2. The van der Waals surface area contributed by atoms with Crippen molar-refractivity contribution in [1.29, 1.82) is 0 Å². The molecule has 250 valence electrons. The molecule has 0 radical (unpaired) electrons. The first kappa shape index (κ1) is 37.6. The Kier molecular flexibility index (Phi) is 17.0. The monoisotopic (exact) mass is 632 g/mol. The van der Waals surface area contributed by atoms with Gasteiger partial charge in [-0.05, 0) is 50.0 Å². The lowest BCUT2D eigenvalue weighted by Gasteiger charge is -2.27. The number of rotatable bonds is 21. The van der Waals surface area contributed by atoms with E-state index in [0.717, 1.165) is 49.8 Å². The van der Waals surface area contributed by atoms with Crippen molar-refractivity contribution < 1.29 is 24.0 Å². The Morgan fingerprint density at radius 2 is 1.78 bits per heavy atom. The molecule has 13 heteroatoms. The number of unbranched alkanes of at least 4 members (excludes halogenated alkanes) is 6. The molecule has 0 bridgehead atoms. The van der Waals surface area contributed by atoms with Gasteiger partial charge >= 0.3 is 17.7 Å². The van der Waals surface area contributed by atoms with E-state index in [4.69, 9.17) is 17.2 Å². The van der Waals surface area contributed by atoms with Gasteiger partial charge in [0.25, 0.3) is 0 Å². The summed E-state index contributed by atoms with van der Waals surface area (Å²) >= 11 is 0. The van der Waals surface area contributed by atoms with Crippen molar-refractivity contribution in [3.05, 3.63) is 51.0 Å². The van der Waals surface area contributed by atoms with Gasteiger partial charge in [0, 0.05) is 23.9 Å². The Morgan fingerprint density at radius 1 is 1.13 bits per heavy atom. The number of amides is 1. The van der Waals surface area contributed by atoms with Gasteiger partial charge in [0.15, 0.2) is 12.6 Å². The highest BCUT2D eigenvalue weighted by Crippen LogP contribution is 2.33. The molecule has 2 rings (SSSR count). The fourth-order valence-corrected chi connectivity index (χ4v) is 5.85. The Bertz CT molecular complexity index is 1140. The summed E-state index contributed by atoms with van der Waals surface area (Å²) in [6.45, 7) is -1.53. The molecule has 4 atom stereocenters. The zero-order chi connectivity index (χ0) is 33.1. The highest BCUT2D eigenvalue weighted by molar-refractivity contribution is 5.82. The van der Waals surface area contributed by atoms with Crippen LogP contribution in [-0.2, 0) is 16.0 Å². The largest absolute Gasteiger partial charge is 0.378 e. The minimum absolute atomic E-state index is 0.108. The maximum Gasteiger partial charge on any atom is 0.378 e. The number of benzene rings is 1. The zero-order valence-electron chi connectivity index (χ0n) is 26.3. The van der Waals surface area contributed by atoms with Gasteiger partial charge in [0.2, 0.25) is 6.04 Å². The number of hydrogen-bond donors (Lipinski definition) is 4. The van der Waals surface area contributed by atoms with Crippen molar-refractivity contribution in [2.45, 2.75) is 114 Å². The molecule has 1 saturated carbocycles. The number of aliphatic imine (C=N–C) groups is 1. The molecule has 0 aliphatic heterocycles. The number of nitro groups is 1. The molecule has 7 N–H and O–H groups in total. The van der Waals surface area contributed by atoms with Gasteiger partial charge in [0.1, 0.15) is 6.29 Å². The van der Waals surface area contributed by atoms with Crippen LogP contribution in [0.25, 0.3) is 4.95 Å². The maximum atomic E-state index is 14.2. The predicted molar refractivity (Wildman–Crippen MR) is 172 cm³/mol. The number of halogens is 1. The smallest absolute Gasteiger partial charge is 0.370 e. The number of alkyl halides is 1. The molecule has 3 unspecified atom stereocenters. The molecular formula is C32H51FN7O5+. The van der Waals surface area contributed by atoms with Gasteiger partial charge in [-0.1, -0.05) is 75.3 Å². The van der Waals surface area contributed by atoms with Gasteiger partial charge < -0.3 is 27.1 Å². The third-order valence-corrected chi connectivity index (χ3v) is 8.56. The number of guanidine groups is 1. The van der Waals surface area contributed by atoms with Crippen molar-refractivity contribution in [2.24, 2.45) is 34.0 Å². The van der Waals surface area contributed by atoms with Gasteiger partial charge in [0.05, 0.1) is 22.3 Å². The van der Waals surface area contributed by atoms with Crippen LogP contribution in [0.15, 0.2) is 35.3 Å². The van der Waals surface area contributed by atoms with E-state index in [2.05, 4.69) is 16.0 Å². The third-order valence-electron chi connectivity index (χ3n) is 8.56. The van der Waals surface area contributed by atoms with Crippen LogP contribution < -0.4 is 17.2 Å². The highest BCUT2D eigenvalue weighted by atomic mass is 19.1. The molecule has 0 saturated heterocycles. The van der Waals surface area contributed by atoms with E-state index in [1.807, 2.05) is 0 Å². The van der Waals surface area contributed by atoms with Crippen molar-refractivity contribution >= 4 is 18.2 Å². The molecule has 1 amide bonds. The second kappa shape index (κ2) is 20.4. The van der Waals surface area contributed by atoms with Crippen LogP contribution in [0, 0.1) is 28.0 Å². The fourth-order valence-electron chi connectivity index (χ4n) is 5.85. The summed E-state index contributed by atoms with van der Waals surface area (Å²) in [6, 6.07) is 8.38. The molecule has 0 heterocycles. The average Bonchev–Trinajstić information content (AvgIpc) is 3.57. The molecule has 1 aromatic carbocycles. The normalized spacial score (nSPS) is 16.4. The second-order valence-electron chi connectivity index (χ2n) is 12.0. The summed E-state index contributed by atoms with van der Waals surface area (Å²) in [5.41, 5.74) is 14.2. The van der Waals surface area contributed by atoms with Crippen LogP contribution in [0.1, 0.15) is 95.5 Å². The Labute approximate surface area is 265 Å². The predicted octanol–water partition coefficient (Wildman–Crippen LogP) is 4.12. The van der Waals surface area contributed by atoms with Crippen molar-refractivity contribution in [1.82, 2.24) is 5.01 Å². The quantitative estimate of drug-likeness (QED) is 0.0295. The minimum atomic E-state index is -3.13. The molecule has 45 heavy (non-hydrogen) atoms. The van der Waals surface area contributed by atoms with E-state index in [1.165, 1.54) is 25.7 Å². The van der Waals surface area contributed by atoms with Crippen LogP contribution in [0.2, 0.25) is 0 Å². The SMILES string of the molecule is NC(N)=NCCC[C@H](N)C(=O)N([N+]#CCCCCCCCCC(C=O)C1CCCC1)C(Cc1ccccc1)C(O)(CF)[N+](=O)[O-]. The van der Waals surface area contributed by atoms with Gasteiger partial charge in [-0.25, -0.2) is 4.39 Å². The zero-order valence-corrected chi connectivity index (χ0v) is 26.3.